The van der Waals surface area contributed by atoms with E-state index in [1.165, 1.54) is 0 Å². The first-order valence-electron chi connectivity index (χ1n) is 9.87. The lowest BCUT2D eigenvalue weighted by Crippen LogP contribution is -2.35. The van der Waals surface area contributed by atoms with Gasteiger partial charge in [-0.3, -0.25) is 9.67 Å². The Morgan fingerprint density at radius 2 is 1.90 bits per heavy atom. The van der Waals surface area contributed by atoms with Crippen molar-refractivity contribution < 1.29 is 19.4 Å². The van der Waals surface area contributed by atoms with Crippen LogP contribution in [0.25, 0.3) is 22.2 Å². The smallest absolute Gasteiger partial charge is 0.410 e. The number of carbonyl (C=O) groups is 2. The largest absolute Gasteiger partial charge is 0.478 e. The average Bonchev–Trinajstić information content (AvgIpc) is 3.32. The number of hydrogen-bond donors (Lipinski definition) is 1. The molecule has 1 unspecified atom stereocenters. The van der Waals surface area contributed by atoms with Crippen LogP contribution in [-0.2, 0) is 4.74 Å². The van der Waals surface area contributed by atoms with Crippen molar-refractivity contribution in [2.24, 2.45) is 0 Å². The molecular formula is C22H24N4O4. The molecule has 8 nitrogen and oxygen atoms in total. The van der Waals surface area contributed by atoms with E-state index in [0.717, 1.165) is 28.6 Å². The van der Waals surface area contributed by atoms with Crippen LogP contribution in [0.3, 0.4) is 0 Å². The first kappa shape index (κ1) is 19.9. The Labute approximate surface area is 174 Å². The summed E-state index contributed by atoms with van der Waals surface area (Å²) in [7, 11) is 0. The Kier molecular flexibility index (Phi) is 4.93. The standard InChI is InChI=1S/C22H24N4O4/c1-22(2,3)30-21(29)25-11-9-16(13-25)26-18-8-10-23-12-17(18)19(24-26)14-4-6-15(7-5-14)20(27)28/h4-8,10,12,16H,9,11,13H2,1-3H3,(H,27,28). The van der Waals surface area contributed by atoms with Gasteiger partial charge in [0.15, 0.2) is 0 Å². The molecule has 156 valence electrons. The maximum absolute atomic E-state index is 12.4. The van der Waals surface area contributed by atoms with Gasteiger partial charge in [-0.2, -0.15) is 5.10 Å². The van der Waals surface area contributed by atoms with E-state index in [2.05, 4.69) is 4.98 Å². The van der Waals surface area contributed by atoms with Gasteiger partial charge in [0, 0.05) is 36.4 Å². The van der Waals surface area contributed by atoms with Crippen LogP contribution < -0.4 is 0 Å². The van der Waals surface area contributed by atoms with Crippen molar-refractivity contribution in [1.82, 2.24) is 19.7 Å². The number of hydrogen-bond acceptors (Lipinski definition) is 5. The lowest BCUT2D eigenvalue weighted by Gasteiger charge is -2.24. The SMILES string of the molecule is CC(C)(C)OC(=O)N1CCC(n2nc(-c3ccc(C(=O)O)cc3)c3cnccc32)C1. The van der Waals surface area contributed by atoms with Gasteiger partial charge in [-0.25, -0.2) is 9.59 Å². The number of carboxylic acids is 1. The number of likely N-dealkylation sites (tertiary alicyclic amines) is 1. The van der Waals surface area contributed by atoms with Crippen LogP contribution in [0.2, 0.25) is 0 Å². The van der Waals surface area contributed by atoms with E-state index in [9.17, 15) is 9.59 Å². The predicted octanol–water partition coefficient (Wildman–Crippen LogP) is 3.98. The van der Waals surface area contributed by atoms with Gasteiger partial charge in [0.1, 0.15) is 11.3 Å². The lowest BCUT2D eigenvalue weighted by molar-refractivity contribution is 0.0288. The van der Waals surface area contributed by atoms with E-state index in [4.69, 9.17) is 14.9 Å². The normalized spacial score (nSPS) is 16.8. The highest BCUT2D eigenvalue weighted by molar-refractivity contribution is 5.94. The van der Waals surface area contributed by atoms with Gasteiger partial charge < -0.3 is 14.7 Å². The molecule has 8 heteroatoms. The van der Waals surface area contributed by atoms with Gasteiger partial charge in [0.05, 0.1) is 17.1 Å². The molecule has 2 aromatic heterocycles. The summed E-state index contributed by atoms with van der Waals surface area (Å²) in [6.45, 7) is 6.69. The van der Waals surface area contributed by atoms with Gasteiger partial charge in [-0.1, -0.05) is 12.1 Å². The zero-order chi connectivity index (χ0) is 21.5. The average molecular weight is 408 g/mol. The molecule has 3 aromatic rings. The fraction of sp³-hybridized carbons (Fsp3) is 0.364. The van der Waals surface area contributed by atoms with E-state index in [1.54, 1.807) is 41.6 Å². The highest BCUT2D eigenvalue weighted by atomic mass is 16.6. The first-order valence-corrected chi connectivity index (χ1v) is 9.87. The summed E-state index contributed by atoms with van der Waals surface area (Å²) in [5, 5.41) is 14.9. The van der Waals surface area contributed by atoms with Crippen LogP contribution in [0.1, 0.15) is 43.6 Å². The van der Waals surface area contributed by atoms with Crippen molar-refractivity contribution in [3.8, 4) is 11.3 Å². The third kappa shape index (κ3) is 3.85. The number of aromatic nitrogens is 3. The second kappa shape index (κ2) is 7.44. The van der Waals surface area contributed by atoms with Gasteiger partial charge in [-0.15, -0.1) is 0 Å². The minimum Gasteiger partial charge on any atom is -0.478 e. The molecule has 0 spiro atoms. The van der Waals surface area contributed by atoms with Crippen LogP contribution in [0.4, 0.5) is 4.79 Å². The zero-order valence-electron chi connectivity index (χ0n) is 17.2. The number of nitrogens with zero attached hydrogens (tertiary/aromatic N) is 4. The van der Waals surface area contributed by atoms with E-state index >= 15 is 0 Å². The molecule has 1 fully saturated rings. The Hall–Kier alpha value is -3.42. The second-order valence-electron chi connectivity index (χ2n) is 8.44. The van der Waals surface area contributed by atoms with Crippen LogP contribution in [-0.4, -0.2) is 55.5 Å². The molecule has 1 aliphatic rings. The van der Waals surface area contributed by atoms with E-state index < -0.39 is 11.6 Å². The number of fused-ring (bicyclic) bond motifs is 1. The quantitative estimate of drug-likeness (QED) is 0.704. The molecule has 4 rings (SSSR count). The number of benzene rings is 1. The van der Waals surface area contributed by atoms with E-state index in [0.29, 0.717) is 13.1 Å². The number of aromatic carboxylic acids is 1. The van der Waals surface area contributed by atoms with Crippen molar-refractivity contribution in [3.63, 3.8) is 0 Å². The minimum atomic E-state index is -0.966. The molecule has 1 N–H and O–H groups in total. The third-order valence-corrected chi connectivity index (χ3v) is 5.07. The number of amides is 1. The summed E-state index contributed by atoms with van der Waals surface area (Å²) in [6, 6.07) is 8.58. The molecular weight excluding hydrogens is 384 g/mol. The molecule has 1 aliphatic heterocycles. The molecule has 3 heterocycles. The molecule has 1 saturated heterocycles. The summed E-state index contributed by atoms with van der Waals surface area (Å²) in [5.74, 6) is -0.966. The Morgan fingerprint density at radius 3 is 2.57 bits per heavy atom. The number of carboxylic acid groups (broad SMARTS) is 1. The van der Waals surface area contributed by atoms with Gasteiger partial charge >= 0.3 is 12.1 Å². The monoisotopic (exact) mass is 408 g/mol. The van der Waals surface area contributed by atoms with Crippen molar-refractivity contribution >= 4 is 23.0 Å². The third-order valence-electron chi connectivity index (χ3n) is 5.07. The molecule has 1 amide bonds. The number of ether oxygens (including phenoxy) is 1. The maximum Gasteiger partial charge on any atom is 0.410 e. The summed E-state index contributed by atoms with van der Waals surface area (Å²) in [4.78, 5) is 29.5. The van der Waals surface area contributed by atoms with E-state index in [-0.39, 0.29) is 17.7 Å². The van der Waals surface area contributed by atoms with Crippen LogP contribution in [0, 0.1) is 0 Å². The first-order chi connectivity index (χ1) is 14.2. The van der Waals surface area contributed by atoms with Crippen LogP contribution in [0.5, 0.6) is 0 Å². The molecule has 0 saturated carbocycles. The Bertz CT molecular complexity index is 1100. The number of carbonyl (C=O) groups excluding carboxylic acids is 1. The number of rotatable bonds is 3. The maximum atomic E-state index is 12.4. The van der Waals surface area contributed by atoms with Crippen molar-refractivity contribution in [2.45, 2.75) is 38.8 Å². The molecule has 0 bridgehead atoms. The van der Waals surface area contributed by atoms with Crippen LogP contribution >= 0.6 is 0 Å². The summed E-state index contributed by atoms with van der Waals surface area (Å²) < 4.78 is 7.44. The zero-order valence-corrected chi connectivity index (χ0v) is 17.2. The van der Waals surface area contributed by atoms with Gasteiger partial charge in [-0.05, 0) is 45.4 Å². The van der Waals surface area contributed by atoms with E-state index in [1.807, 2.05) is 31.5 Å². The predicted molar refractivity (Wildman–Crippen MR) is 111 cm³/mol. The van der Waals surface area contributed by atoms with Crippen molar-refractivity contribution in [1.29, 1.82) is 0 Å². The molecule has 0 radical (unpaired) electrons. The fourth-order valence-corrected chi connectivity index (χ4v) is 3.68. The summed E-state index contributed by atoms with van der Waals surface area (Å²) in [6.07, 6.45) is 3.95. The number of pyridine rings is 1. The second-order valence-corrected chi connectivity index (χ2v) is 8.44. The molecule has 0 aliphatic carbocycles. The van der Waals surface area contributed by atoms with Crippen molar-refractivity contribution in [2.75, 3.05) is 13.1 Å². The minimum absolute atomic E-state index is 0.0226. The fourth-order valence-electron chi connectivity index (χ4n) is 3.68. The Balaban J connectivity index is 1.65. The summed E-state index contributed by atoms with van der Waals surface area (Å²) >= 11 is 0. The Morgan fingerprint density at radius 1 is 1.17 bits per heavy atom. The van der Waals surface area contributed by atoms with Gasteiger partial charge in [0.25, 0.3) is 0 Å². The van der Waals surface area contributed by atoms with Crippen LogP contribution in [0.15, 0.2) is 42.7 Å². The molecule has 1 atom stereocenters. The molecule has 1 aromatic carbocycles. The van der Waals surface area contributed by atoms with Crippen molar-refractivity contribution in [3.05, 3.63) is 48.3 Å². The lowest BCUT2D eigenvalue weighted by atomic mass is 10.1. The topological polar surface area (TPSA) is 97.6 Å². The summed E-state index contributed by atoms with van der Waals surface area (Å²) in [5.41, 5.74) is 2.18. The highest BCUT2D eigenvalue weighted by Crippen LogP contribution is 2.32. The van der Waals surface area contributed by atoms with Gasteiger partial charge in [0.2, 0.25) is 0 Å². The highest BCUT2D eigenvalue weighted by Gasteiger charge is 2.32. The molecule has 30 heavy (non-hydrogen) atoms.